The molecule has 0 atom stereocenters. The molecule has 2 amide bonds. The second-order valence-corrected chi connectivity index (χ2v) is 4.77. The lowest BCUT2D eigenvalue weighted by Crippen LogP contribution is -2.36. The molecule has 0 radical (unpaired) electrons. The van der Waals surface area contributed by atoms with Crippen LogP contribution in [-0.4, -0.2) is 39.7 Å². The van der Waals surface area contributed by atoms with E-state index >= 15 is 0 Å². The molecule has 2 heterocycles. The molecule has 0 aliphatic rings. The van der Waals surface area contributed by atoms with Gasteiger partial charge in [-0.3, -0.25) is 9.59 Å². The van der Waals surface area contributed by atoms with E-state index in [4.69, 9.17) is 5.73 Å². The number of pyridine rings is 1. The summed E-state index contributed by atoms with van der Waals surface area (Å²) in [6, 6.07) is 5.44. The number of rotatable bonds is 5. The summed E-state index contributed by atoms with van der Waals surface area (Å²) in [6.07, 6.45) is 1.54. The van der Waals surface area contributed by atoms with Gasteiger partial charge in [0.25, 0.3) is 0 Å². The minimum absolute atomic E-state index is 0.130. The summed E-state index contributed by atoms with van der Waals surface area (Å²) in [4.78, 5) is 26.9. The van der Waals surface area contributed by atoms with Crippen LogP contribution in [0, 0.1) is 13.8 Å². The Bertz CT molecular complexity index is 677. The molecule has 8 heteroatoms. The lowest BCUT2D eigenvalue weighted by Gasteiger charge is -2.07. The lowest BCUT2D eigenvalue weighted by molar-refractivity contribution is -0.123. The van der Waals surface area contributed by atoms with Gasteiger partial charge in [0.15, 0.2) is 5.82 Å². The van der Waals surface area contributed by atoms with E-state index in [1.165, 1.54) is 6.20 Å². The van der Waals surface area contributed by atoms with Crippen LogP contribution in [0.1, 0.15) is 11.4 Å². The molecule has 0 bridgehead atoms. The lowest BCUT2D eigenvalue weighted by atomic mass is 10.3. The van der Waals surface area contributed by atoms with Crippen molar-refractivity contribution in [3.63, 3.8) is 0 Å². The van der Waals surface area contributed by atoms with Crippen molar-refractivity contribution in [3.05, 3.63) is 35.8 Å². The van der Waals surface area contributed by atoms with Gasteiger partial charge in [0, 0.05) is 5.69 Å². The SMILES string of the molecule is Cc1cc(C)n(-c2ccc(NC(=O)CNC(=O)CN)cn2)n1. The molecule has 2 rings (SSSR count). The van der Waals surface area contributed by atoms with E-state index in [-0.39, 0.29) is 24.9 Å². The summed E-state index contributed by atoms with van der Waals surface area (Å²) in [6.45, 7) is 3.58. The van der Waals surface area contributed by atoms with Gasteiger partial charge >= 0.3 is 0 Å². The van der Waals surface area contributed by atoms with Crippen molar-refractivity contribution < 1.29 is 9.59 Å². The van der Waals surface area contributed by atoms with Crippen LogP contribution in [0.4, 0.5) is 5.69 Å². The fraction of sp³-hybridized carbons (Fsp3) is 0.286. The Balaban J connectivity index is 1.99. The number of nitrogens with two attached hydrogens (primary N) is 1. The average molecular weight is 302 g/mol. The van der Waals surface area contributed by atoms with Crippen LogP contribution in [-0.2, 0) is 9.59 Å². The van der Waals surface area contributed by atoms with Crippen molar-refractivity contribution in [2.75, 3.05) is 18.4 Å². The first kappa shape index (κ1) is 15.6. The molecular weight excluding hydrogens is 284 g/mol. The van der Waals surface area contributed by atoms with Gasteiger partial charge in [-0.25, -0.2) is 9.67 Å². The third-order valence-electron chi connectivity index (χ3n) is 2.89. The maximum Gasteiger partial charge on any atom is 0.243 e. The van der Waals surface area contributed by atoms with Crippen LogP contribution >= 0.6 is 0 Å². The summed E-state index contributed by atoms with van der Waals surface area (Å²) in [7, 11) is 0. The number of nitrogens with one attached hydrogen (secondary N) is 2. The maximum atomic E-state index is 11.6. The highest BCUT2D eigenvalue weighted by atomic mass is 16.2. The van der Waals surface area contributed by atoms with Crippen molar-refractivity contribution in [2.24, 2.45) is 5.73 Å². The van der Waals surface area contributed by atoms with E-state index in [9.17, 15) is 9.59 Å². The van der Waals surface area contributed by atoms with Crippen LogP contribution in [0.3, 0.4) is 0 Å². The summed E-state index contributed by atoms with van der Waals surface area (Å²) in [5.41, 5.74) is 7.56. The Morgan fingerprint density at radius 1 is 1.27 bits per heavy atom. The van der Waals surface area contributed by atoms with E-state index in [0.717, 1.165) is 11.4 Å². The first-order valence-corrected chi connectivity index (χ1v) is 6.76. The molecule has 2 aromatic rings. The van der Waals surface area contributed by atoms with Gasteiger partial charge in [-0.05, 0) is 32.0 Å². The van der Waals surface area contributed by atoms with Gasteiger partial charge < -0.3 is 16.4 Å². The zero-order chi connectivity index (χ0) is 16.1. The van der Waals surface area contributed by atoms with Crippen molar-refractivity contribution in [1.82, 2.24) is 20.1 Å². The monoisotopic (exact) mass is 302 g/mol. The molecule has 0 spiro atoms. The third kappa shape index (κ3) is 3.89. The number of anilines is 1. The molecule has 116 valence electrons. The molecule has 4 N–H and O–H groups in total. The van der Waals surface area contributed by atoms with Crippen LogP contribution in [0.5, 0.6) is 0 Å². The Hall–Kier alpha value is -2.74. The van der Waals surface area contributed by atoms with Gasteiger partial charge in [-0.1, -0.05) is 0 Å². The minimum atomic E-state index is -0.381. The average Bonchev–Trinajstić information content (AvgIpc) is 2.84. The number of carbonyl (C=O) groups excluding carboxylic acids is 2. The number of aryl methyl sites for hydroxylation is 2. The number of amides is 2. The number of carbonyl (C=O) groups is 2. The molecule has 0 saturated heterocycles. The normalized spacial score (nSPS) is 10.3. The summed E-state index contributed by atoms with van der Waals surface area (Å²) >= 11 is 0. The first-order valence-electron chi connectivity index (χ1n) is 6.76. The van der Waals surface area contributed by atoms with Crippen LogP contribution in [0.15, 0.2) is 24.4 Å². The highest BCUT2D eigenvalue weighted by molar-refractivity contribution is 5.94. The molecule has 8 nitrogen and oxygen atoms in total. The second kappa shape index (κ2) is 6.81. The number of hydrogen-bond donors (Lipinski definition) is 3. The fourth-order valence-electron chi connectivity index (χ4n) is 1.90. The van der Waals surface area contributed by atoms with Gasteiger partial charge in [0.1, 0.15) is 0 Å². The molecule has 0 unspecified atom stereocenters. The molecule has 2 aromatic heterocycles. The molecule has 22 heavy (non-hydrogen) atoms. The van der Waals surface area contributed by atoms with Crippen molar-refractivity contribution in [1.29, 1.82) is 0 Å². The number of aromatic nitrogens is 3. The Morgan fingerprint density at radius 2 is 2.05 bits per heavy atom. The van der Waals surface area contributed by atoms with Gasteiger partial charge in [-0.2, -0.15) is 5.10 Å². The summed E-state index contributed by atoms with van der Waals surface area (Å²) in [5, 5.41) is 9.36. The predicted octanol–water partition coefficient (Wildman–Crippen LogP) is -0.102. The Kier molecular flexibility index (Phi) is 4.84. The second-order valence-electron chi connectivity index (χ2n) is 4.77. The molecule has 0 saturated carbocycles. The fourth-order valence-corrected chi connectivity index (χ4v) is 1.90. The smallest absolute Gasteiger partial charge is 0.243 e. The van der Waals surface area contributed by atoms with Gasteiger partial charge in [0.2, 0.25) is 11.8 Å². The van der Waals surface area contributed by atoms with E-state index in [1.807, 2.05) is 19.9 Å². The van der Waals surface area contributed by atoms with Crippen LogP contribution in [0.2, 0.25) is 0 Å². The number of nitrogens with zero attached hydrogens (tertiary/aromatic N) is 3. The molecule has 0 aliphatic heterocycles. The van der Waals surface area contributed by atoms with Crippen molar-refractivity contribution in [2.45, 2.75) is 13.8 Å². The molecule has 0 aliphatic carbocycles. The highest BCUT2D eigenvalue weighted by Gasteiger charge is 2.07. The van der Waals surface area contributed by atoms with Crippen LogP contribution < -0.4 is 16.4 Å². The zero-order valence-corrected chi connectivity index (χ0v) is 12.5. The molecule has 0 aromatic carbocycles. The summed E-state index contributed by atoms with van der Waals surface area (Å²) < 4.78 is 1.72. The zero-order valence-electron chi connectivity index (χ0n) is 12.5. The quantitative estimate of drug-likeness (QED) is 0.713. The maximum absolute atomic E-state index is 11.6. The summed E-state index contributed by atoms with van der Waals surface area (Å²) in [5.74, 6) is -0.0596. The topological polar surface area (TPSA) is 115 Å². The standard InChI is InChI=1S/C14H18N6O2/c1-9-5-10(2)20(19-9)12-4-3-11(7-16-12)18-14(22)8-17-13(21)6-15/h3-5,7H,6,8,15H2,1-2H3,(H,17,21)(H,18,22). The van der Waals surface area contributed by atoms with Crippen LogP contribution in [0.25, 0.3) is 5.82 Å². The predicted molar refractivity (Wildman–Crippen MR) is 81.5 cm³/mol. The largest absolute Gasteiger partial charge is 0.346 e. The van der Waals surface area contributed by atoms with E-state index in [2.05, 4.69) is 20.7 Å². The van der Waals surface area contributed by atoms with E-state index in [0.29, 0.717) is 11.5 Å². The number of hydrogen-bond acceptors (Lipinski definition) is 5. The van der Waals surface area contributed by atoms with Crippen molar-refractivity contribution in [3.8, 4) is 5.82 Å². The molecular formula is C14H18N6O2. The third-order valence-corrected chi connectivity index (χ3v) is 2.89. The van der Waals surface area contributed by atoms with E-state index < -0.39 is 0 Å². The van der Waals surface area contributed by atoms with Gasteiger partial charge in [-0.15, -0.1) is 0 Å². The first-order chi connectivity index (χ1) is 10.5. The Labute approximate surface area is 127 Å². The van der Waals surface area contributed by atoms with Gasteiger partial charge in [0.05, 0.1) is 30.7 Å². The molecule has 0 fully saturated rings. The van der Waals surface area contributed by atoms with Crippen molar-refractivity contribution >= 4 is 17.5 Å². The highest BCUT2D eigenvalue weighted by Crippen LogP contribution is 2.12. The van der Waals surface area contributed by atoms with E-state index in [1.54, 1.807) is 16.8 Å². The Morgan fingerprint density at radius 3 is 2.59 bits per heavy atom. The minimum Gasteiger partial charge on any atom is -0.346 e.